The Kier molecular flexibility index (Phi) is 5.92. The molecule has 0 aliphatic carbocycles. The third-order valence-electron chi connectivity index (χ3n) is 2.85. The topological polar surface area (TPSA) is 73.6 Å². The number of carbonyl (C=O) groups excluding carboxylic acids is 1. The summed E-state index contributed by atoms with van der Waals surface area (Å²) in [6, 6.07) is 5.20. The van der Waals surface area contributed by atoms with Gasteiger partial charge in [0.1, 0.15) is 13.2 Å². The third kappa shape index (κ3) is 4.01. The van der Waals surface area contributed by atoms with Gasteiger partial charge in [0.15, 0.2) is 11.5 Å². The monoisotopic (exact) mass is 286 g/mol. The smallest absolute Gasteiger partial charge is 0.237 e. The Balaban J connectivity index is 0.00000180. The fraction of sp³-hybridized carbons (Fsp3) is 0.462. The van der Waals surface area contributed by atoms with E-state index >= 15 is 0 Å². The van der Waals surface area contributed by atoms with Gasteiger partial charge in [0.25, 0.3) is 0 Å². The molecule has 19 heavy (non-hydrogen) atoms. The molecule has 0 saturated heterocycles. The summed E-state index contributed by atoms with van der Waals surface area (Å²) in [5, 5.41) is 2.80. The van der Waals surface area contributed by atoms with Crippen molar-refractivity contribution < 1.29 is 14.3 Å². The first kappa shape index (κ1) is 15.6. The van der Waals surface area contributed by atoms with Crippen molar-refractivity contribution in [2.75, 3.05) is 13.2 Å². The second kappa shape index (κ2) is 7.21. The predicted molar refractivity (Wildman–Crippen MR) is 74.8 cm³/mol. The zero-order valence-corrected chi connectivity index (χ0v) is 11.7. The molecule has 6 heteroatoms. The molecule has 1 atom stereocenters. The van der Waals surface area contributed by atoms with E-state index in [4.69, 9.17) is 15.2 Å². The molecule has 1 aliphatic heterocycles. The van der Waals surface area contributed by atoms with Gasteiger partial charge in [0.05, 0.1) is 6.04 Å². The maximum Gasteiger partial charge on any atom is 0.237 e. The Labute approximate surface area is 118 Å². The molecule has 1 amide bonds. The number of rotatable bonds is 4. The van der Waals surface area contributed by atoms with Crippen LogP contribution in [0.2, 0.25) is 0 Å². The number of nitrogens with two attached hydrogens (primary N) is 1. The van der Waals surface area contributed by atoms with Gasteiger partial charge >= 0.3 is 0 Å². The maximum atomic E-state index is 11.5. The quantitative estimate of drug-likeness (QED) is 0.873. The van der Waals surface area contributed by atoms with Crippen LogP contribution in [0.25, 0.3) is 0 Å². The molecule has 2 rings (SSSR count). The highest BCUT2D eigenvalue weighted by molar-refractivity contribution is 5.85. The molecule has 0 bridgehead atoms. The molecule has 0 radical (unpaired) electrons. The summed E-state index contributed by atoms with van der Waals surface area (Å²) in [6.45, 7) is 3.47. The van der Waals surface area contributed by atoms with Crippen LogP contribution in [0.3, 0.4) is 0 Å². The largest absolute Gasteiger partial charge is 0.486 e. The molecule has 0 unspecified atom stereocenters. The Bertz CT molecular complexity index is 440. The van der Waals surface area contributed by atoms with Crippen molar-refractivity contribution >= 4 is 18.3 Å². The number of hydrogen-bond donors (Lipinski definition) is 2. The highest BCUT2D eigenvalue weighted by atomic mass is 35.5. The lowest BCUT2D eigenvalue weighted by Gasteiger charge is -2.19. The second-order valence-electron chi connectivity index (χ2n) is 4.21. The molecule has 106 valence electrons. The van der Waals surface area contributed by atoms with Crippen LogP contribution < -0.4 is 20.5 Å². The number of nitrogens with one attached hydrogen (secondary N) is 1. The minimum atomic E-state index is -0.442. The van der Waals surface area contributed by atoms with E-state index in [-0.39, 0.29) is 18.3 Å². The maximum absolute atomic E-state index is 11.5. The van der Waals surface area contributed by atoms with Crippen LogP contribution in [0.1, 0.15) is 18.9 Å². The van der Waals surface area contributed by atoms with Crippen molar-refractivity contribution in [1.29, 1.82) is 0 Å². The van der Waals surface area contributed by atoms with Crippen LogP contribution in [0.15, 0.2) is 18.2 Å². The fourth-order valence-corrected chi connectivity index (χ4v) is 1.70. The van der Waals surface area contributed by atoms with Crippen LogP contribution in [0.4, 0.5) is 0 Å². The van der Waals surface area contributed by atoms with E-state index in [1.807, 2.05) is 25.1 Å². The number of carbonyl (C=O) groups is 1. The highest BCUT2D eigenvalue weighted by Gasteiger charge is 2.13. The van der Waals surface area contributed by atoms with E-state index in [1.165, 1.54) is 0 Å². The number of benzene rings is 1. The van der Waals surface area contributed by atoms with Crippen molar-refractivity contribution in [2.24, 2.45) is 5.73 Å². The van der Waals surface area contributed by atoms with Crippen molar-refractivity contribution in [1.82, 2.24) is 5.32 Å². The van der Waals surface area contributed by atoms with Crippen molar-refractivity contribution in [2.45, 2.75) is 25.9 Å². The van der Waals surface area contributed by atoms with E-state index in [2.05, 4.69) is 5.32 Å². The lowest BCUT2D eigenvalue weighted by atomic mass is 10.1. The predicted octanol–water partition coefficient (Wildman–Crippen LogP) is 1.23. The van der Waals surface area contributed by atoms with Crippen LogP contribution in [0, 0.1) is 0 Å². The van der Waals surface area contributed by atoms with Crippen molar-refractivity contribution in [3.8, 4) is 11.5 Å². The Hall–Kier alpha value is -1.46. The summed E-state index contributed by atoms with van der Waals surface area (Å²) in [4.78, 5) is 11.5. The number of halogens is 1. The van der Waals surface area contributed by atoms with Gasteiger partial charge in [-0.05, 0) is 24.1 Å². The number of ether oxygens (including phenoxy) is 2. The lowest BCUT2D eigenvalue weighted by molar-refractivity contribution is -0.122. The fourth-order valence-electron chi connectivity index (χ4n) is 1.70. The summed E-state index contributed by atoms with van der Waals surface area (Å²) in [5.41, 5.74) is 6.60. The van der Waals surface area contributed by atoms with E-state index in [9.17, 15) is 4.79 Å². The normalized spacial score (nSPS) is 14.2. The second-order valence-corrected chi connectivity index (χ2v) is 4.21. The molecule has 5 nitrogen and oxygen atoms in total. The molecule has 0 fully saturated rings. The molecular weight excluding hydrogens is 268 g/mol. The van der Waals surface area contributed by atoms with Crippen molar-refractivity contribution in [3.63, 3.8) is 0 Å². The van der Waals surface area contributed by atoms with Gasteiger partial charge < -0.3 is 20.5 Å². The Morgan fingerprint density at radius 2 is 2.05 bits per heavy atom. The lowest BCUT2D eigenvalue weighted by Crippen LogP contribution is -2.39. The first-order valence-corrected chi connectivity index (χ1v) is 6.12. The number of hydrogen-bond acceptors (Lipinski definition) is 4. The van der Waals surface area contributed by atoms with Gasteiger partial charge in [-0.3, -0.25) is 4.79 Å². The molecule has 1 aromatic rings. The summed E-state index contributed by atoms with van der Waals surface area (Å²) in [5.74, 6) is 1.35. The van der Waals surface area contributed by atoms with Crippen LogP contribution in [-0.2, 0) is 11.3 Å². The molecule has 3 N–H and O–H groups in total. The van der Waals surface area contributed by atoms with Crippen LogP contribution in [-0.4, -0.2) is 25.2 Å². The summed E-state index contributed by atoms with van der Waals surface area (Å²) >= 11 is 0. The molecule has 0 saturated carbocycles. The molecule has 0 aromatic heterocycles. The van der Waals surface area contributed by atoms with Crippen LogP contribution in [0.5, 0.6) is 11.5 Å². The van der Waals surface area contributed by atoms with Gasteiger partial charge in [-0.1, -0.05) is 13.0 Å². The summed E-state index contributed by atoms with van der Waals surface area (Å²) in [7, 11) is 0. The molecule has 1 aliphatic rings. The van der Waals surface area contributed by atoms with E-state index < -0.39 is 6.04 Å². The first-order valence-electron chi connectivity index (χ1n) is 6.12. The van der Waals surface area contributed by atoms with Crippen LogP contribution >= 0.6 is 12.4 Å². The summed E-state index contributed by atoms with van der Waals surface area (Å²) in [6.07, 6.45) is 0.632. The minimum Gasteiger partial charge on any atom is -0.486 e. The van der Waals surface area contributed by atoms with E-state index in [0.29, 0.717) is 26.2 Å². The van der Waals surface area contributed by atoms with Gasteiger partial charge in [0.2, 0.25) is 5.91 Å². The van der Waals surface area contributed by atoms with E-state index in [0.717, 1.165) is 17.1 Å². The number of fused-ring (bicyclic) bond motifs is 1. The van der Waals surface area contributed by atoms with Gasteiger partial charge in [-0.15, -0.1) is 12.4 Å². The van der Waals surface area contributed by atoms with E-state index in [1.54, 1.807) is 0 Å². The Morgan fingerprint density at radius 3 is 2.74 bits per heavy atom. The summed E-state index contributed by atoms with van der Waals surface area (Å²) < 4.78 is 10.9. The van der Waals surface area contributed by atoms with Gasteiger partial charge in [0, 0.05) is 6.54 Å². The molecule has 1 heterocycles. The SMILES string of the molecule is CC[C@H](N)C(=O)NCc1ccc2c(c1)OCCO2.Cl. The average molecular weight is 287 g/mol. The van der Waals surface area contributed by atoms with Gasteiger partial charge in [-0.2, -0.15) is 0 Å². The minimum absolute atomic E-state index is 0. The van der Waals surface area contributed by atoms with Crippen molar-refractivity contribution in [3.05, 3.63) is 23.8 Å². The standard InChI is InChI=1S/C13H18N2O3.ClH/c1-2-10(14)13(16)15-8-9-3-4-11-12(7-9)18-6-5-17-11;/h3-4,7,10H,2,5-6,8,14H2,1H3,(H,15,16);1H/t10-;/m0./s1. The zero-order chi connectivity index (χ0) is 13.0. The Morgan fingerprint density at radius 1 is 1.37 bits per heavy atom. The number of amides is 1. The first-order chi connectivity index (χ1) is 8.70. The zero-order valence-electron chi connectivity index (χ0n) is 10.8. The molecule has 1 aromatic carbocycles. The molecule has 0 spiro atoms. The highest BCUT2D eigenvalue weighted by Crippen LogP contribution is 2.30. The average Bonchev–Trinajstić information content (AvgIpc) is 2.43. The molecular formula is C13H19ClN2O3. The van der Waals surface area contributed by atoms with Gasteiger partial charge in [-0.25, -0.2) is 0 Å². The third-order valence-corrected chi connectivity index (χ3v) is 2.85.